The van der Waals surface area contributed by atoms with Crippen LogP contribution in [0.4, 0.5) is 14.5 Å². The molecule has 2 aliphatic rings. The minimum atomic E-state index is -0.834. The number of hydrogen-bond donors (Lipinski definition) is 1. The van der Waals surface area contributed by atoms with Crippen LogP contribution in [0.25, 0.3) is 0 Å². The van der Waals surface area contributed by atoms with Gasteiger partial charge in [-0.25, -0.2) is 8.78 Å². The summed E-state index contributed by atoms with van der Waals surface area (Å²) in [7, 11) is 2.11. The van der Waals surface area contributed by atoms with Gasteiger partial charge in [-0.3, -0.25) is 9.69 Å². The minimum absolute atomic E-state index is 0.0124. The molecular formula is C24H29F2N3O. The van der Waals surface area contributed by atoms with Crippen molar-refractivity contribution in [3.05, 3.63) is 64.7 Å². The molecule has 1 atom stereocenters. The number of fused-ring (bicyclic) bond motifs is 1. The highest BCUT2D eigenvalue weighted by Gasteiger charge is 2.26. The van der Waals surface area contributed by atoms with E-state index in [0.717, 1.165) is 63.0 Å². The molecule has 1 N–H and O–H groups in total. The number of nitrogens with zero attached hydrogens (tertiary/aromatic N) is 2. The largest absolute Gasteiger partial charge is 0.374 e. The summed E-state index contributed by atoms with van der Waals surface area (Å²) in [5.74, 6) is -2.37. The fourth-order valence-corrected chi connectivity index (χ4v) is 4.69. The fourth-order valence-electron chi connectivity index (χ4n) is 4.69. The van der Waals surface area contributed by atoms with Gasteiger partial charge in [0.15, 0.2) is 0 Å². The van der Waals surface area contributed by atoms with Crippen LogP contribution in [0.1, 0.15) is 53.2 Å². The molecule has 0 saturated carbocycles. The third-order valence-corrected chi connectivity index (χ3v) is 6.32. The van der Waals surface area contributed by atoms with Gasteiger partial charge in [0.1, 0.15) is 17.2 Å². The first-order chi connectivity index (χ1) is 14.5. The van der Waals surface area contributed by atoms with Gasteiger partial charge >= 0.3 is 0 Å². The number of halogens is 2. The zero-order chi connectivity index (χ0) is 21.1. The van der Waals surface area contributed by atoms with Crippen LogP contribution in [-0.2, 0) is 6.42 Å². The lowest BCUT2D eigenvalue weighted by Gasteiger charge is -2.36. The Hall–Kier alpha value is -2.47. The van der Waals surface area contributed by atoms with Crippen molar-refractivity contribution < 1.29 is 13.6 Å². The first kappa shape index (κ1) is 20.8. The highest BCUT2D eigenvalue weighted by molar-refractivity contribution is 5.94. The fraction of sp³-hybridized carbons (Fsp3) is 0.458. The Morgan fingerprint density at radius 3 is 2.50 bits per heavy atom. The number of carbonyl (C=O) groups excluding carboxylic acids is 1. The monoisotopic (exact) mass is 413 g/mol. The first-order valence-electron chi connectivity index (χ1n) is 10.8. The summed E-state index contributed by atoms with van der Waals surface area (Å²) < 4.78 is 28.0. The van der Waals surface area contributed by atoms with Crippen molar-refractivity contribution in [1.29, 1.82) is 0 Å². The molecule has 2 aromatic rings. The molecule has 0 unspecified atom stereocenters. The maximum atomic E-state index is 14.0. The number of hydrogen-bond acceptors (Lipinski definition) is 3. The lowest BCUT2D eigenvalue weighted by atomic mass is 9.95. The Balaban J connectivity index is 1.57. The van der Waals surface area contributed by atoms with Crippen LogP contribution < -0.4 is 10.2 Å². The molecular weight excluding hydrogens is 384 g/mol. The second-order valence-electron chi connectivity index (χ2n) is 8.33. The van der Waals surface area contributed by atoms with E-state index in [9.17, 15) is 13.6 Å². The Morgan fingerprint density at radius 1 is 1.03 bits per heavy atom. The normalized spacial score (nSPS) is 18.0. The van der Waals surface area contributed by atoms with Crippen LogP contribution in [0.3, 0.4) is 0 Å². The zero-order valence-electron chi connectivity index (χ0n) is 17.5. The molecule has 0 aromatic heterocycles. The van der Waals surface area contributed by atoms with Gasteiger partial charge in [-0.1, -0.05) is 24.6 Å². The van der Waals surface area contributed by atoms with E-state index in [4.69, 9.17) is 0 Å². The summed E-state index contributed by atoms with van der Waals surface area (Å²) >= 11 is 0. The summed E-state index contributed by atoms with van der Waals surface area (Å²) in [6, 6.07) is 10.0. The number of anilines is 1. The number of piperidine rings is 1. The molecule has 0 aliphatic carbocycles. The predicted molar refractivity (Wildman–Crippen MR) is 115 cm³/mol. The van der Waals surface area contributed by atoms with Gasteiger partial charge in [-0.15, -0.1) is 0 Å². The van der Waals surface area contributed by atoms with Crippen LogP contribution in [0.15, 0.2) is 36.4 Å². The van der Waals surface area contributed by atoms with Gasteiger partial charge in [0, 0.05) is 25.8 Å². The minimum Gasteiger partial charge on any atom is -0.374 e. The number of rotatable bonds is 5. The van der Waals surface area contributed by atoms with Gasteiger partial charge in [-0.2, -0.15) is 0 Å². The van der Waals surface area contributed by atoms with Crippen molar-refractivity contribution >= 4 is 11.6 Å². The Bertz CT molecular complexity index is 891. The van der Waals surface area contributed by atoms with Crippen LogP contribution >= 0.6 is 0 Å². The van der Waals surface area contributed by atoms with Crippen molar-refractivity contribution in [2.24, 2.45) is 0 Å². The molecule has 6 heteroatoms. The summed E-state index contributed by atoms with van der Waals surface area (Å²) in [6.07, 6.45) is 5.64. The van der Waals surface area contributed by atoms with Crippen molar-refractivity contribution in [1.82, 2.24) is 10.2 Å². The zero-order valence-corrected chi connectivity index (χ0v) is 17.5. The number of benzene rings is 2. The smallest absolute Gasteiger partial charge is 0.257 e. The average molecular weight is 414 g/mol. The molecule has 2 aromatic carbocycles. The molecule has 4 rings (SSSR count). The van der Waals surface area contributed by atoms with Gasteiger partial charge in [0.05, 0.1) is 6.04 Å². The summed E-state index contributed by atoms with van der Waals surface area (Å²) in [5.41, 5.74) is 3.23. The topological polar surface area (TPSA) is 35.6 Å². The Kier molecular flexibility index (Phi) is 6.32. The Morgan fingerprint density at radius 2 is 1.77 bits per heavy atom. The molecule has 0 radical (unpaired) electrons. The molecule has 1 amide bonds. The number of likely N-dealkylation sites (tertiary alicyclic amines) is 1. The van der Waals surface area contributed by atoms with E-state index < -0.39 is 23.1 Å². The molecule has 1 saturated heterocycles. The van der Waals surface area contributed by atoms with Crippen LogP contribution in [0.2, 0.25) is 0 Å². The van der Waals surface area contributed by atoms with E-state index >= 15 is 0 Å². The quantitative estimate of drug-likeness (QED) is 0.794. The van der Waals surface area contributed by atoms with Crippen molar-refractivity contribution in [2.75, 3.05) is 38.1 Å². The molecule has 2 aliphatic heterocycles. The lowest BCUT2D eigenvalue weighted by molar-refractivity contribution is 0.0916. The number of carbonyl (C=O) groups is 1. The standard InChI is InChI=1S/C24H29F2N3O/c1-28-12-6-7-17-15-18(10-11-21(17)28)22(29-13-3-2-4-14-29)16-27-24(30)23-19(25)8-5-9-20(23)26/h5,8-11,15,22H,2-4,6-7,12-14,16H2,1H3,(H,27,30)/t22-/m0/s1. The van der Waals surface area contributed by atoms with Crippen molar-refractivity contribution in [3.8, 4) is 0 Å². The van der Waals surface area contributed by atoms with E-state index in [1.54, 1.807) is 0 Å². The second kappa shape index (κ2) is 9.13. The van der Waals surface area contributed by atoms with Gasteiger partial charge < -0.3 is 10.2 Å². The third kappa shape index (κ3) is 4.33. The van der Waals surface area contributed by atoms with Gasteiger partial charge in [0.2, 0.25) is 0 Å². The van der Waals surface area contributed by atoms with E-state index in [-0.39, 0.29) is 6.04 Å². The molecule has 4 nitrogen and oxygen atoms in total. The summed E-state index contributed by atoms with van der Waals surface area (Å²) in [6.45, 7) is 3.31. The van der Waals surface area contributed by atoms with Crippen LogP contribution in [0, 0.1) is 11.6 Å². The molecule has 1 fully saturated rings. The average Bonchev–Trinajstić information content (AvgIpc) is 2.75. The number of amides is 1. The second-order valence-corrected chi connectivity index (χ2v) is 8.33. The summed E-state index contributed by atoms with van der Waals surface area (Å²) in [4.78, 5) is 17.2. The lowest BCUT2D eigenvalue weighted by Crippen LogP contribution is -2.41. The molecule has 2 heterocycles. The molecule has 160 valence electrons. The van der Waals surface area contributed by atoms with E-state index in [1.165, 1.54) is 23.7 Å². The summed E-state index contributed by atoms with van der Waals surface area (Å²) in [5, 5.41) is 2.79. The predicted octanol–water partition coefficient (Wildman–Crippen LogP) is 4.30. The Labute approximate surface area is 176 Å². The SMILES string of the molecule is CN1CCCc2cc([C@H](CNC(=O)c3c(F)cccc3F)N3CCCCC3)ccc21. The third-order valence-electron chi connectivity index (χ3n) is 6.32. The van der Waals surface area contributed by atoms with Crippen molar-refractivity contribution in [3.63, 3.8) is 0 Å². The maximum Gasteiger partial charge on any atom is 0.257 e. The van der Waals surface area contributed by atoms with Gasteiger partial charge in [0.25, 0.3) is 5.91 Å². The van der Waals surface area contributed by atoms with Crippen LogP contribution in [-0.4, -0.2) is 44.0 Å². The molecule has 0 bridgehead atoms. The van der Waals surface area contributed by atoms with Crippen LogP contribution in [0.5, 0.6) is 0 Å². The highest BCUT2D eigenvalue weighted by Crippen LogP contribution is 2.31. The number of nitrogens with one attached hydrogen (secondary N) is 1. The molecule has 0 spiro atoms. The van der Waals surface area contributed by atoms with E-state index in [0.29, 0.717) is 6.54 Å². The van der Waals surface area contributed by atoms with Crippen molar-refractivity contribution in [2.45, 2.75) is 38.1 Å². The maximum absolute atomic E-state index is 14.0. The van der Waals surface area contributed by atoms with E-state index in [2.05, 4.69) is 40.4 Å². The number of aryl methyl sites for hydroxylation is 1. The van der Waals surface area contributed by atoms with E-state index in [1.807, 2.05) is 0 Å². The highest BCUT2D eigenvalue weighted by atomic mass is 19.1. The van der Waals surface area contributed by atoms with Gasteiger partial charge in [-0.05, 0) is 68.1 Å². The molecule has 30 heavy (non-hydrogen) atoms. The first-order valence-corrected chi connectivity index (χ1v) is 10.8.